The zero-order valence-electron chi connectivity index (χ0n) is 14.8. The number of carbonyl (C=O) groups is 1. The summed E-state index contributed by atoms with van der Waals surface area (Å²) >= 11 is 0. The van der Waals surface area contributed by atoms with Gasteiger partial charge in [0.2, 0.25) is 15.9 Å². The van der Waals surface area contributed by atoms with E-state index in [1.165, 1.54) is 18.4 Å². The van der Waals surface area contributed by atoms with Gasteiger partial charge in [-0.05, 0) is 38.0 Å². The van der Waals surface area contributed by atoms with Gasteiger partial charge in [-0.2, -0.15) is 0 Å². The van der Waals surface area contributed by atoms with Gasteiger partial charge < -0.3 is 9.88 Å². The predicted molar refractivity (Wildman–Crippen MR) is 95.8 cm³/mol. The third kappa shape index (κ3) is 3.69. The molecule has 1 heterocycles. The zero-order chi connectivity index (χ0) is 18.2. The normalized spacial score (nSPS) is 15.0. The summed E-state index contributed by atoms with van der Waals surface area (Å²) < 4.78 is 27.8. The zero-order valence-corrected chi connectivity index (χ0v) is 15.6. The molecule has 136 valence electrons. The van der Waals surface area contributed by atoms with Crippen molar-refractivity contribution in [3.8, 4) is 0 Å². The highest BCUT2D eigenvalue weighted by atomic mass is 32.2. The molecule has 1 fully saturated rings. The first-order valence-electron chi connectivity index (χ1n) is 8.54. The van der Waals surface area contributed by atoms with Crippen LogP contribution in [0.25, 0.3) is 11.0 Å². The fourth-order valence-electron chi connectivity index (χ4n) is 2.83. The number of sulfonamides is 1. The fraction of sp³-hybridized carbons (Fsp3) is 0.529. The summed E-state index contributed by atoms with van der Waals surface area (Å²) in [7, 11) is -0.475. The monoisotopic (exact) mass is 364 g/mol. The van der Waals surface area contributed by atoms with Crippen molar-refractivity contribution >= 4 is 27.0 Å². The second kappa shape index (κ2) is 6.76. The minimum atomic E-state index is -3.49. The van der Waals surface area contributed by atoms with E-state index in [4.69, 9.17) is 0 Å². The van der Waals surface area contributed by atoms with Crippen molar-refractivity contribution in [2.45, 2.75) is 50.1 Å². The van der Waals surface area contributed by atoms with Crippen LogP contribution in [0.1, 0.15) is 32.0 Å². The Bertz CT molecular complexity index is 898. The van der Waals surface area contributed by atoms with E-state index in [9.17, 15) is 13.2 Å². The number of nitrogens with zero attached hydrogens (tertiary/aromatic N) is 3. The Kier molecular flexibility index (Phi) is 4.83. The molecule has 1 aliphatic carbocycles. The van der Waals surface area contributed by atoms with E-state index >= 15 is 0 Å². The molecule has 0 radical (unpaired) electrons. The van der Waals surface area contributed by atoms with Gasteiger partial charge in [-0.3, -0.25) is 4.79 Å². The average Bonchev–Trinajstić information content (AvgIpc) is 3.30. The Morgan fingerprint density at radius 2 is 2.08 bits per heavy atom. The maximum Gasteiger partial charge on any atom is 0.242 e. The lowest BCUT2D eigenvalue weighted by atomic mass is 10.2. The second-order valence-corrected chi connectivity index (χ2v) is 8.70. The molecule has 1 aromatic heterocycles. The first-order chi connectivity index (χ1) is 11.8. The van der Waals surface area contributed by atoms with Gasteiger partial charge in [0.15, 0.2) is 0 Å². The molecule has 8 heteroatoms. The summed E-state index contributed by atoms with van der Waals surface area (Å²) in [5.41, 5.74) is 1.53. The van der Waals surface area contributed by atoms with Crippen molar-refractivity contribution in [1.82, 2.24) is 19.2 Å². The third-order valence-electron chi connectivity index (χ3n) is 4.41. The van der Waals surface area contributed by atoms with Crippen LogP contribution in [0, 0.1) is 0 Å². The topological polar surface area (TPSA) is 84.3 Å². The summed E-state index contributed by atoms with van der Waals surface area (Å²) in [5, 5.41) is 2.98. The highest BCUT2D eigenvalue weighted by molar-refractivity contribution is 7.89. The fourth-order valence-corrected chi connectivity index (χ4v) is 3.75. The number of imidazole rings is 1. The molecule has 1 aromatic carbocycles. The number of aryl methyl sites for hydroxylation is 2. The molecule has 3 rings (SSSR count). The number of carbonyl (C=O) groups excluding carboxylic acids is 1. The highest BCUT2D eigenvalue weighted by Crippen LogP contribution is 2.23. The van der Waals surface area contributed by atoms with E-state index in [0.29, 0.717) is 24.4 Å². The molecular weight excluding hydrogens is 340 g/mol. The molecule has 2 aromatic rings. The number of fused-ring (bicyclic) bond motifs is 1. The summed E-state index contributed by atoms with van der Waals surface area (Å²) in [5.74, 6) is 0.857. The van der Waals surface area contributed by atoms with Crippen molar-refractivity contribution in [3.63, 3.8) is 0 Å². The quantitative estimate of drug-likeness (QED) is 0.807. The van der Waals surface area contributed by atoms with Crippen LogP contribution < -0.4 is 5.32 Å². The summed E-state index contributed by atoms with van der Waals surface area (Å²) in [6.45, 7) is 2.73. The molecule has 0 saturated heterocycles. The molecular formula is C17H24N4O3S. The van der Waals surface area contributed by atoms with Gasteiger partial charge in [-0.1, -0.05) is 0 Å². The van der Waals surface area contributed by atoms with E-state index < -0.39 is 10.0 Å². The third-order valence-corrected chi connectivity index (χ3v) is 6.22. The van der Waals surface area contributed by atoms with Crippen LogP contribution in [0.3, 0.4) is 0 Å². The van der Waals surface area contributed by atoms with E-state index in [0.717, 1.165) is 30.7 Å². The molecule has 0 spiro atoms. The molecule has 7 nitrogen and oxygen atoms in total. The smallest absolute Gasteiger partial charge is 0.242 e. The Morgan fingerprint density at radius 3 is 2.68 bits per heavy atom. The molecule has 1 aliphatic rings. The van der Waals surface area contributed by atoms with Crippen molar-refractivity contribution in [1.29, 1.82) is 0 Å². The molecule has 0 bridgehead atoms. The van der Waals surface area contributed by atoms with E-state index in [-0.39, 0.29) is 10.8 Å². The molecule has 0 atom stereocenters. The van der Waals surface area contributed by atoms with Gasteiger partial charge in [0, 0.05) is 39.5 Å². The predicted octanol–water partition coefficient (Wildman–Crippen LogP) is 1.52. The van der Waals surface area contributed by atoms with Gasteiger partial charge in [-0.15, -0.1) is 0 Å². The number of rotatable bonds is 7. The number of nitrogens with one attached hydrogen (secondary N) is 1. The van der Waals surface area contributed by atoms with Gasteiger partial charge in [0.25, 0.3) is 0 Å². The number of hydrogen-bond acceptors (Lipinski definition) is 4. The van der Waals surface area contributed by atoms with Crippen LogP contribution in [0.15, 0.2) is 23.1 Å². The Labute approximate surface area is 148 Å². The van der Waals surface area contributed by atoms with Crippen molar-refractivity contribution in [2.75, 3.05) is 14.1 Å². The largest absolute Gasteiger partial charge is 0.353 e. The van der Waals surface area contributed by atoms with Gasteiger partial charge in [0.1, 0.15) is 5.82 Å². The number of amides is 1. The molecule has 1 N–H and O–H groups in total. The highest BCUT2D eigenvalue weighted by Gasteiger charge is 2.23. The van der Waals surface area contributed by atoms with E-state index in [1.54, 1.807) is 18.2 Å². The van der Waals surface area contributed by atoms with E-state index in [1.807, 2.05) is 11.5 Å². The maximum atomic E-state index is 12.3. The number of hydrogen-bond donors (Lipinski definition) is 1. The molecule has 25 heavy (non-hydrogen) atoms. The van der Waals surface area contributed by atoms with Crippen molar-refractivity contribution < 1.29 is 13.2 Å². The lowest BCUT2D eigenvalue weighted by Crippen LogP contribution is -2.25. The summed E-state index contributed by atoms with van der Waals surface area (Å²) in [4.78, 5) is 16.7. The second-order valence-electron chi connectivity index (χ2n) is 6.55. The van der Waals surface area contributed by atoms with Gasteiger partial charge in [0.05, 0.1) is 15.9 Å². The van der Waals surface area contributed by atoms with Crippen LogP contribution in [0.5, 0.6) is 0 Å². The Hall–Kier alpha value is -1.93. The minimum Gasteiger partial charge on any atom is -0.353 e. The van der Waals surface area contributed by atoms with Crippen molar-refractivity contribution in [3.05, 3.63) is 24.0 Å². The van der Waals surface area contributed by atoms with E-state index in [2.05, 4.69) is 10.3 Å². The SMILES string of the molecule is CCn1c(CCC(=O)NC2CC2)nc2cc(S(=O)(=O)N(C)C)ccc21. The van der Waals surface area contributed by atoms with Crippen LogP contribution in [-0.4, -0.2) is 48.3 Å². The summed E-state index contributed by atoms with van der Waals surface area (Å²) in [6, 6.07) is 5.35. The van der Waals surface area contributed by atoms with Crippen molar-refractivity contribution in [2.24, 2.45) is 0 Å². The van der Waals surface area contributed by atoms with Crippen LogP contribution in [-0.2, 0) is 27.8 Å². The van der Waals surface area contributed by atoms with Crippen LogP contribution >= 0.6 is 0 Å². The average molecular weight is 364 g/mol. The lowest BCUT2D eigenvalue weighted by molar-refractivity contribution is -0.121. The lowest BCUT2D eigenvalue weighted by Gasteiger charge is -2.11. The molecule has 1 amide bonds. The van der Waals surface area contributed by atoms with Gasteiger partial charge >= 0.3 is 0 Å². The number of benzene rings is 1. The Morgan fingerprint density at radius 1 is 1.36 bits per heavy atom. The number of aromatic nitrogens is 2. The van der Waals surface area contributed by atoms with Gasteiger partial charge in [-0.25, -0.2) is 17.7 Å². The first kappa shape index (κ1) is 17.9. The standard InChI is InChI=1S/C17H24N4O3S/c1-4-21-15-8-7-13(25(23,24)20(2)3)11-14(15)19-16(21)9-10-17(22)18-12-5-6-12/h7-8,11-12H,4-6,9-10H2,1-3H3,(H,18,22). The van der Waals surface area contributed by atoms with Crippen LogP contribution in [0.4, 0.5) is 0 Å². The molecule has 1 saturated carbocycles. The molecule has 0 unspecified atom stereocenters. The first-order valence-corrected chi connectivity index (χ1v) is 9.98. The minimum absolute atomic E-state index is 0.0492. The Balaban J connectivity index is 1.87. The molecule has 0 aliphatic heterocycles. The maximum absolute atomic E-state index is 12.3. The summed E-state index contributed by atoms with van der Waals surface area (Å²) in [6.07, 6.45) is 3.07. The van der Waals surface area contributed by atoms with Crippen LogP contribution in [0.2, 0.25) is 0 Å².